The Morgan fingerprint density at radius 3 is 2.45 bits per heavy atom. The molecule has 0 saturated carbocycles. The molecule has 0 aliphatic rings. The second-order valence-corrected chi connectivity index (χ2v) is 7.98. The zero-order valence-corrected chi connectivity index (χ0v) is 18.2. The summed E-state index contributed by atoms with van der Waals surface area (Å²) in [4.78, 5) is 42.5. The molecule has 1 aromatic carbocycles. The van der Waals surface area contributed by atoms with Gasteiger partial charge in [0.05, 0.1) is 12.2 Å². The lowest BCUT2D eigenvalue weighted by molar-refractivity contribution is 0.0526. The first-order valence-corrected chi connectivity index (χ1v) is 10.2. The highest BCUT2D eigenvalue weighted by Gasteiger charge is 2.21. The Labute approximate surface area is 178 Å². The fraction of sp³-hybridized carbons (Fsp3) is 0.364. The highest BCUT2D eigenvalue weighted by molar-refractivity contribution is 5.89. The number of aryl methyl sites for hydroxylation is 2. The number of nitrogens with zero attached hydrogens (tertiary/aromatic N) is 5. The zero-order chi connectivity index (χ0) is 22.4. The largest absolute Gasteiger partial charge is 0.462 e. The number of benzene rings is 1. The second-order valence-electron chi connectivity index (χ2n) is 7.98. The van der Waals surface area contributed by atoms with Gasteiger partial charge in [-0.05, 0) is 44.0 Å². The third-order valence-corrected chi connectivity index (χ3v) is 5.21. The van der Waals surface area contributed by atoms with E-state index >= 15 is 0 Å². The molecule has 0 spiro atoms. The van der Waals surface area contributed by atoms with Gasteiger partial charge < -0.3 is 4.74 Å². The van der Waals surface area contributed by atoms with E-state index in [4.69, 9.17) is 4.74 Å². The van der Waals surface area contributed by atoms with Crippen molar-refractivity contribution in [1.29, 1.82) is 0 Å². The Bertz CT molecular complexity index is 1420. The summed E-state index contributed by atoms with van der Waals surface area (Å²) in [7, 11) is 1.62. The Morgan fingerprint density at radius 1 is 1.16 bits per heavy atom. The third-order valence-electron chi connectivity index (χ3n) is 5.21. The SMILES string of the molecule is CCOC(=O)c1ccc(-n2c(C)cn3c4c(=O)n(CC(C)C)c(=O)n(C)c4nc23)cc1. The van der Waals surface area contributed by atoms with Gasteiger partial charge in [0.25, 0.3) is 5.56 Å². The van der Waals surface area contributed by atoms with Crippen LogP contribution in [0.5, 0.6) is 0 Å². The van der Waals surface area contributed by atoms with Crippen molar-refractivity contribution < 1.29 is 9.53 Å². The molecule has 0 atom stereocenters. The van der Waals surface area contributed by atoms with Crippen molar-refractivity contribution in [1.82, 2.24) is 23.1 Å². The molecule has 31 heavy (non-hydrogen) atoms. The maximum absolute atomic E-state index is 13.2. The average Bonchev–Trinajstić information content (AvgIpc) is 3.24. The molecule has 0 saturated heterocycles. The third kappa shape index (κ3) is 3.26. The molecule has 0 unspecified atom stereocenters. The number of fused-ring (bicyclic) bond motifs is 3. The van der Waals surface area contributed by atoms with Gasteiger partial charge in [0, 0.05) is 31.2 Å². The lowest BCUT2D eigenvalue weighted by Crippen LogP contribution is -2.40. The molecule has 4 rings (SSSR count). The van der Waals surface area contributed by atoms with Crippen molar-refractivity contribution in [2.75, 3.05) is 6.61 Å². The number of rotatable bonds is 5. The van der Waals surface area contributed by atoms with E-state index in [-0.39, 0.29) is 23.1 Å². The van der Waals surface area contributed by atoms with E-state index < -0.39 is 0 Å². The van der Waals surface area contributed by atoms with Crippen molar-refractivity contribution in [2.45, 2.75) is 34.2 Å². The smallest absolute Gasteiger partial charge is 0.338 e. The maximum atomic E-state index is 13.2. The van der Waals surface area contributed by atoms with Crippen LogP contribution in [0, 0.1) is 12.8 Å². The standard InChI is InChI=1S/C22H25N5O4/c1-6-31-20(29)15-7-9-16(10-8-15)27-14(4)12-25-17-18(23-21(25)27)24(5)22(30)26(19(17)28)11-13(2)3/h7-10,12-13H,6,11H2,1-5H3. The van der Waals surface area contributed by atoms with Gasteiger partial charge in [-0.25, -0.2) is 9.59 Å². The molecular weight excluding hydrogens is 398 g/mol. The normalized spacial score (nSPS) is 11.7. The van der Waals surface area contributed by atoms with Gasteiger partial charge in [-0.15, -0.1) is 0 Å². The van der Waals surface area contributed by atoms with Crippen molar-refractivity contribution in [3.05, 3.63) is 62.6 Å². The predicted molar refractivity (Wildman–Crippen MR) is 117 cm³/mol. The van der Waals surface area contributed by atoms with Crippen LogP contribution in [-0.2, 0) is 18.3 Å². The fourth-order valence-corrected chi connectivity index (χ4v) is 3.82. The van der Waals surface area contributed by atoms with Crippen molar-refractivity contribution in [3.8, 4) is 5.69 Å². The molecule has 0 bridgehead atoms. The van der Waals surface area contributed by atoms with Crippen molar-refractivity contribution >= 4 is 22.9 Å². The van der Waals surface area contributed by atoms with Crippen LogP contribution in [0.4, 0.5) is 0 Å². The van der Waals surface area contributed by atoms with Crippen molar-refractivity contribution in [2.24, 2.45) is 13.0 Å². The molecule has 0 amide bonds. The molecule has 9 nitrogen and oxygen atoms in total. The Morgan fingerprint density at radius 2 is 1.84 bits per heavy atom. The molecule has 0 fully saturated rings. The summed E-state index contributed by atoms with van der Waals surface area (Å²) < 4.78 is 11.3. The summed E-state index contributed by atoms with van der Waals surface area (Å²) >= 11 is 0. The van der Waals surface area contributed by atoms with E-state index in [0.29, 0.717) is 35.7 Å². The van der Waals surface area contributed by atoms with E-state index in [9.17, 15) is 14.4 Å². The van der Waals surface area contributed by atoms with Gasteiger partial charge >= 0.3 is 11.7 Å². The fourth-order valence-electron chi connectivity index (χ4n) is 3.82. The summed E-state index contributed by atoms with van der Waals surface area (Å²) in [5.41, 5.74) is 2.06. The van der Waals surface area contributed by atoms with Gasteiger partial charge in [-0.2, -0.15) is 4.98 Å². The number of aromatic nitrogens is 5. The van der Waals surface area contributed by atoms with Crippen LogP contribution in [0.15, 0.2) is 40.1 Å². The lowest BCUT2D eigenvalue weighted by atomic mass is 10.2. The highest BCUT2D eigenvalue weighted by atomic mass is 16.5. The predicted octanol–water partition coefficient (Wildman–Crippen LogP) is 2.28. The number of carbonyl (C=O) groups excluding carboxylic acids is 1. The minimum Gasteiger partial charge on any atom is -0.462 e. The Hall–Kier alpha value is -3.62. The summed E-state index contributed by atoms with van der Waals surface area (Å²) in [6, 6.07) is 6.98. The molecule has 0 radical (unpaired) electrons. The van der Waals surface area contributed by atoms with Gasteiger partial charge in [0.15, 0.2) is 11.2 Å². The number of imidazole rings is 2. The number of esters is 1. The van der Waals surface area contributed by atoms with E-state index in [0.717, 1.165) is 11.4 Å². The van der Waals surface area contributed by atoms with Gasteiger partial charge in [-0.1, -0.05) is 13.8 Å². The molecule has 3 aromatic heterocycles. The summed E-state index contributed by atoms with van der Waals surface area (Å²) in [5.74, 6) is 0.289. The maximum Gasteiger partial charge on any atom is 0.338 e. The van der Waals surface area contributed by atoms with Gasteiger partial charge in [0.2, 0.25) is 5.78 Å². The monoisotopic (exact) mass is 423 g/mol. The van der Waals surface area contributed by atoms with E-state index in [1.165, 1.54) is 9.13 Å². The first-order chi connectivity index (χ1) is 14.7. The van der Waals surface area contributed by atoms with Crippen LogP contribution in [-0.4, -0.2) is 35.7 Å². The quantitative estimate of drug-likeness (QED) is 0.459. The summed E-state index contributed by atoms with van der Waals surface area (Å²) in [6.45, 7) is 8.24. The lowest BCUT2D eigenvalue weighted by Gasteiger charge is -2.09. The number of hydrogen-bond donors (Lipinski definition) is 0. The molecule has 162 valence electrons. The topological polar surface area (TPSA) is 92.5 Å². The van der Waals surface area contributed by atoms with E-state index in [1.807, 2.05) is 31.5 Å². The zero-order valence-electron chi connectivity index (χ0n) is 18.2. The van der Waals surface area contributed by atoms with Gasteiger partial charge in [-0.3, -0.25) is 22.9 Å². The summed E-state index contributed by atoms with van der Waals surface area (Å²) in [6.07, 6.45) is 1.83. The highest BCUT2D eigenvalue weighted by Crippen LogP contribution is 2.21. The molecule has 3 heterocycles. The summed E-state index contributed by atoms with van der Waals surface area (Å²) in [5, 5.41) is 0. The van der Waals surface area contributed by atoms with E-state index in [2.05, 4.69) is 4.98 Å². The van der Waals surface area contributed by atoms with Crippen LogP contribution >= 0.6 is 0 Å². The molecule has 0 N–H and O–H groups in total. The van der Waals surface area contributed by atoms with Crippen molar-refractivity contribution in [3.63, 3.8) is 0 Å². The number of hydrogen-bond acceptors (Lipinski definition) is 5. The van der Waals surface area contributed by atoms with Crippen LogP contribution < -0.4 is 11.2 Å². The van der Waals surface area contributed by atoms with Crippen LogP contribution in [0.3, 0.4) is 0 Å². The van der Waals surface area contributed by atoms with Crippen LogP contribution in [0.2, 0.25) is 0 Å². The Kier molecular flexibility index (Phi) is 5.04. The van der Waals surface area contributed by atoms with Crippen LogP contribution in [0.1, 0.15) is 36.8 Å². The molecule has 0 aliphatic heterocycles. The average molecular weight is 423 g/mol. The number of ether oxygens (including phenoxy) is 1. The minimum atomic E-state index is -0.381. The second kappa shape index (κ2) is 7.57. The number of carbonyl (C=O) groups is 1. The van der Waals surface area contributed by atoms with Gasteiger partial charge in [0.1, 0.15) is 0 Å². The molecule has 0 aliphatic carbocycles. The van der Waals surface area contributed by atoms with Crippen LogP contribution in [0.25, 0.3) is 22.6 Å². The first kappa shape index (κ1) is 20.6. The minimum absolute atomic E-state index is 0.149. The molecule has 4 aromatic rings. The Balaban J connectivity index is 1.94. The first-order valence-electron chi connectivity index (χ1n) is 10.2. The molecular formula is C22H25N5O4. The molecule has 9 heteroatoms. The van der Waals surface area contributed by atoms with E-state index in [1.54, 1.807) is 42.6 Å².